The molecule has 1 heterocycles. The number of carbonyl (C=O) groups excluding carboxylic acids is 1. The Bertz CT molecular complexity index is 1240. The minimum absolute atomic E-state index is 0. The average Bonchev–Trinajstić information content (AvgIpc) is 2.89. The van der Waals surface area contributed by atoms with E-state index in [0.29, 0.717) is 23.5 Å². The molecule has 2 aromatic carbocycles. The first-order valence-corrected chi connectivity index (χ1v) is 13.8. The second kappa shape index (κ2) is 14.8. The molecule has 3 rings (SSSR count). The van der Waals surface area contributed by atoms with Gasteiger partial charge in [0.1, 0.15) is 5.76 Å². The van der Waals surface area contributed by atoms with Gasteiger partial charge in [0.15, 0.2) is 5.78 Å². The van der Waals surface area contributed by atoms with Gasteiger partial charge in [-0.2, -0.15) is 18.2 Å². The monoisotopic (exact) mass is 709 g/mol. The van der Waals surface area contributed by atoms with Crippen LogP contribution in [-0.2, 0) is 24.9 Å². The van der Waals surface area contributed by atoms with Crippen LogP contribution in [0.4, 0.5) is 0 Å². The fourth-order valence-electron chi connectivity index (χ4n) is 3.57. The van der Waals surface area contributed by atoms with Crippen molar-refractivity contribution in [3.8, 4) is 11.6 Å². The number of ketones is 1. The van der Waals surface area contributed by atoms with Gasteiger partial charge in [0.25, 0.3) is 0 Å². The van der Waals surface area contributed by atoms with Gasteiger partial charge in [-0.3, -0.25) is 4.79 Å². The number of allylic oxidation sites excluding steroid dienone is 2. The number of nitrogens with zero attached hydrogens (tertiary/aromatic N) is 1. The zero-order chi connectivity index (χ0) is 28.7. The number of benzene rings is 2. The number of hydrogen-bond donors (Lipinski definition) is 1. The van der Waals surface area contributed by atoms with Crippen molar-refractivity contribution in [1.29, 1.82) is 0 Å². The SMILES string of the molecule is CC(C)c1ccc2c(Oc3[c-]cccc3)ncc(C(C)C)c2c1.CCC(C)(C)C(=O)/C=C(\O)C(C)(C)CC.[Ir]. The quantitative estimate of drug-likeness (QED) is 0.137. The molecule has 0 saturated carbocycles. The maximum absolute atomic E-state index is 11.8. The van der Waals surface area contributed by atoms with Crippen molar-refractivity contribution in [3.05, 3.63) is 77.7 Å². The van der Waals surface area contributed by atoms with Crippen LogP contribution in [-0.4, -0.2) is 15.9 Å². The largest absolute Gasteiger partial charge is 0.512 e. The number of ether oxygens (including phenoxy) is 1. The molecule has 5 heteroatoms. The second-order valence-electron chi connectivity index (χ2n) is 11.8. The van der Waals surface area contributed by atoms with Gasteiger partial charge in [-0.05, 0) is 47.3 Å². The molecule has 0 saturated heterocycles. The molecule has 0 amide bonds. The Morgan fingerprint density at radius 3 is 2.13 bits per heavy atom. The van der Waals surface area contributed by atoms with Crippen LogP contribution in [0.25, 0.3) is 10.8 Å². The van der Waals surface area contributed by atoms with Crippen molar-refractivity contribution in [2.24, 2.45) is 10.8 Å². The number of para-hydroxylation sites is 1. The predicted molar refractivity (Wildman–Crippen MR) is 159 cm³/mol. The Hall–Kier alpha value is -2.49. The summed E-state index contributed by atoms with van der Waals surface area (Å²) in [6.07, 6.45) is 4.93. The van der Waals surface area contributed by atoms with Gasteiger partial charge in [-0.25, -0.2) is 4.98 Å². The molecule has 1 aromatic heterocycles. The molecule has 0 aliphatic rings. The van der Waals surface area contributed by atoms with Crippen LogP contribution in [0.3, 0.4) is 0 Å². The Morgan fingerprint density at radius 1 is 0.974 bits per heavy atom. The Kier molecular flexibility index (Phi) is 13.1. The minimum atomic E-state index is -0.377. The second-order valence-corrected chi connectivity index (χ2v) is 11.8. The summed E-state index contributed by atoms with van der Waals surface area (Å²) in [6.45, 7) is 20.5. The number of aliphatic hydroxyl groups is 1. The van der Waals surface area contributed by atoms with E-state index < -0.39 is 0 Å². The number of pyridine rings is 1. The smallest absolute Gasteiger partial charge is 0.224 e. The first kappa shape index (κ1) is 34.5. The van der Waals surface area contributed by atoms with Gasteiger partial charge < -0.3 is 9.84 Å². The molecule has 0 bridgehead atoms. The van der Waals surface area contributed by atoms with Crippen molar-refractivity contribution in [1.82, 2.24) is 4.98 Å². The fraction of sp³-hybridized carbons (Fsp3) is 0.471. The first-order valence-electron chi connectivity index (χ1n) is 13.8. The van der Waals surface area contributed by atoms with E-state index in [1.54, 1.807) is 0 Å². The van der Waals surface area contributed by atoms with Gasteiger partial charge in [0.2, 0.25) is 5.88 Å². The standard InChI is InChI=1S/C21H22NO.C13H24O2.Ir/c1-14(2)16-10-11-18-19(12-16)20(15(3)4)13-22-21(18)23-17-8-6-5-7-9-17;1-7-12(3,4)10(14)9-11(15)13(5,6)8-2;/h5-8,10-15H,1-4H3;9,14H,7-8H2,1-6H3;/q-1;;/b;10-9-;. The average molecular weight is 709 g/mol. The van der Waals surface area contributed by atoms with Crippen LogP contribution in [0.2, 0.25) is 0 Å². The molecule has 4 nitrogen and oxygen atoms in total. The van der Waals surface area contributed by atoms with Crippen molar-refractivity contribution < 1.29 is 34.7 Å². The minimum Gasteiger partial charge on any atom is -0.512 e. The summed E-state index contributed by atoms with van der Waals surface area (Å²) in [7, 11) is 0. The van der Waals surface area contributed by atoms with E-state index in [-0.39, 0.29) is 42.5 Å². The first-order chi connectivity index (χ1) is 17.7. The molecule has 1 N–H and O–H groups in total. The van der Waals surface area contributed by atoms with Crippen LogP contribution >= 0.6 is 0 Å². The maximum Gasteiger partial charge on any atom is 0.224 e. The number of hydrogen-bond acceptors (Lipinski definition) is 4. The van der Waals surface area contributed by atoms with E-state index in [1.165, 1.54) is 22.6 Å². The van der Waals surface area contributed by atoms with Crippen LogP contribution in [0.15, 0.2) is 60.5 Å². The van der Waals surface area contributed by atoms with Crippen LogP contribution in [0, 0.1) is 16.9 Å². The molecule has 0 aliphatic heterocycles. The molecule has 0 unspecified atom stereocenters. The summed E-state index contributed by atoms with van der Waals surface area (Å²) in [4.78, 5) is 16.4. The molecule has 0 fully saturated rings. The molecule has 0 atom stereocenters. The van der Waals surface area contributed by atoms with Gasteiger partial charge in [-0.15, -0.1) is 12.1 Å². The van der Waals surface area contributed by atoms with E-state index in [0.717, 1.165) is 18.2 Å². The summed E-state index contributed by atoms with van der Waals surface area (Å²) in [5.74, 6) is 2.44. The summed E-state index contributed by atoms with van der Waals surface area (Å²) < 4.78 is 5.96. The van der Waals surface area contributed by atoms with Gasteiger partial charge in [0.05, 0.1) is 0 Å². The molecular formula is C34H46IrNO3-. The molecule has 39 heavy (non-hydrogen) atoms. The third-order valence-corrected chi connectivity index (χ3v) is 7.48. The maximum atomic E-state index is 11.8. The van der Waals surface area contributed by atoms with E-state index in [9.17, 15) is 9.90 Å². The van der Waals surface area contributed by atoms with Crippen LogP contribution in [0.5, 0.6) is 11.6 Å². The number of aromatic nitrogens is 1. The topological polar surface area (TPSA) is 59.4 Å². The Morgan fingerprint density at radius 2 is 1.62 bits per heavy atom. The predicted octanol–water partition coefficient (Wildman–Crippen LogP) is 9.94. The van der Waals surface area contributed by atoms with Crippen molar-refractivity contribution in [2.45, 2.75) is 93.9 Å². The molecule has 215 valence electrons. The Labute approximate surface area is 249 Å². The fourth-order valence-corrected chi connectivity index (χ4v) is 3.57. The molecular weight excluding hydrogens is 663 g/mol. The number of aliphatic hydroxyl groups excluding tert-OH is 1. The van der Waals surface area contributed by atoms with Gasteiger partial charge in [-0.1, -0.05) is 81.4 Å². The van der Waals surface area contributed by atoms with Crippen molar-refractivity contribution >= 4 is 16.6 Å². The van der Waals surface area contributed by atoms with Gasteiger partial charge >= 0.3 is 0 Å². The zero-order valence-corrected chi connectivity index (χ0v) is 27.7. The number of rotatable bonds is 9. The van der Waals surface area contributed by atoms with E-state index in [1.807, 2.05) is 72.0 Å². The zero-order valence-electron chi connectivity index (χ0n) is 25.3. The summed E-state index contributed by atoms with van der Waals surface area (Å²) in [6, 6.07) is 17.3. The molecule has 0 spiro atoms. The van der Waals surface area contributed by atoms with Crippen molar-refractivity contribution in [2.75, 3.05) is 0 Å². The third kappa shape index (κ3) is 9.29. The van der Waals surface area contributed by atoms with Crippen LogP contribution < -0.4 is 4.74 Å². The molecule has 0 aliphatic carbocycles. The van der Waals surface area contributed by atoms with E-state index in [2.05, 4.69) is 56.9 Å². The summed E-state index contributed by atoms with van der Waals surface area (Å²) >= 11 is 0. The van der Waals surface area contributed by atoms with Crippen LogP contribution in [0.1, 0.15) is 105 Å². The summed E-state index contributed by atoms with van der Waals surface area (Å²) in [5.41, 5.74) is 1.91. The number of fused-ring (bicyclic) bond motifs is 1. The van der Waals surface area contributed by atoms with Gasteiger partial charge in [0, 0.05) is 54.3 Å². The van der Waals surface area contributed by atoms with Crippen molar-refractivity contribution in [3.63, 3.8) is 0 Å². The molecule has 1 radical (unpaired) electrons. The summed E-state index contributed by atoms with van der Waals surface area (Å²) in [5, 5.41) is 12.1. The Balaban J connectivity index is 0.000000418. The van der Waals surface area contributed by atoms with E-state index >= 15 is 0 Å². The normalized spacial score (nSPS) is 12.2. The molecule has 3 aromatic rings. The number of carbonyl (C=O) groups is 1. The third-order valence-electron chi connectivity index (χ3n) is 7.48. The van der Waals surface area contributed by atoms with E-state index in [4.69, 9.17) is 4.74 Å².